The first-order valence-corrected chi connectivity index (χ1v) is 6.56. The fourth-order valence-corrected chi connectivity index (χ4v) is 2.27. The van der Waals surface area contributed by atoms with E-state index in [-0.39, 0.29) is 11.3 Å². The van der Waals surface area contributed by atoms with Crippen molar-refractivity contribution in [3.05, 3.63) is 29.8 Å². The Labute approximate surface area is 108 Å². The van der Waals surface area contributed by atoms with Gasteiger partial charge in [0.2, 0.25) is 5.91 Å². The summed E-state index contributed by atoms with van der Waals surface area (Å²) in [6.45, 7) is 6.58. The predicted octanol–water partition coefficient (Wildman–Crippen LogP) is 2.89. The number of hydrogen-bond donors (Lipinski definition) is 1. The SMILES string of the molecule is CCC(C)(C)C(=O)N1CCC(O)c2ccccc21. The highest BCUT2D eigenvalue weighted by molar-refractivity contribution is 5.98. The zero-order valence-electron chi connectivity index (χ0n) is 11.3. The molecule has 0 saturated heterocycles. The van der Waals surface area contributed by atoms with Crippen LogP contribution in [-0.2, 0) is 4.79 Å². The number of anilines is 1. The first kappa shape index (κ1) is 13.1. The molecule has 0 spiro atoms. The number of nitrogens with zero attached hydrogens (tertiary/aromatic N) is 1. The van der Waals surface area contributed by atoms with Crippen molar-refractivity contribution in [1.29, 1.82) is 0 Å². The molecule has 1 aromatic carbocycles. The number of hydrogen-bond acceptors (Lipinski definition) is 2. The number of amides is 1. The molecular formula is C15H21NO2. The maximum atomic E-state index is 12.6. The molecule has 1 aliphatic rings. The standard InChI is InChI=1S/C15H21NO2/c1-4-15(2,3)14(18)16-10-9-13(17)11-7-5-6-8-12(11)16/h5-8,13,17H,4,9-10H2,1-3H3. The van der Waals surface area contributed by atoms with Crippen LogP contribution < -0.4 is 4.90 Å². The minimum absolute atomic E-state index is 0.143. The maximum Gasteiger partial charge on any atom is 0.232 e. The maximum absolute atomic E-state index is 12.6. The zero-order valence-corrected chi connectivity index (χ0v) is 11.3. The summed E-state index contributed by atoms with van der Waals surface area (Å²) in [5, 5.41) is 9.98. The van der Waals surface area contributed by atoms with Crippen LogP contribution in [0.15, 0.2) is 24.3 Å². The lowest BCUT2D eigenvalue weighted by Gasteiger charge is -2.36. The quantitative estimate of drug-likeness (QED) is 0.873. The predicted molar refractivity (Wildman–Crippen MR) is 72.4 cm³/mol. The number of rotatable bonds is 2. The summed E-state index contributed by atoms with van der Waals surface area (Å²) >= 11 is 0. The van der Waals surface area contributed by atoms with Crippen molar-refractivity contribution in [3.8, 4) is 0 Å². The molecule has 0 fully saturated rings. The fraction of sp³-hybridized carbons (Fsp3) is 0.533. The monoisotopic (exact) mass is 247 g/mol. The van der Waals surface area contributed by atoms with E-state index in [1.165, 1.54) is 0 Å². The molecule has 18 heavy (non-hydrogen) atoms. The summed E-state index contributed by atoms with van der Waals surface area (Å²) in [5.74, 6) is 0.143. The van der Waals surface area contributed by atoms with E-state index in [4.69, 9.17) is 0 Å². The summed E-state index contributed by atoms with van der Waals surface area (Å²) in [7, 11) is 0. The summed E-state index contributed by atoms with van der Waals surface area (Å²) in [6, 6.07) is 7.64. The van der Waals surface area contributed by atoms with E-state index in [0.717, 1.165) is 17.7 Å². The van der Waals surface area contributed by atoms with Crippen molar-refractivity contribution in [3.63, 3.8) is 0 Å². The first-order valence-electron chi connectivity index (χ1n) is 6.56. The molecule has 0 aliphatic carbocycles. The number of fused-ring (bicyclic) bond motifs is 1. The van der Waals surface area contributed by atoms with Crippen molar-refractivity contribution in [2.45, 2.75) is 39.7 Å². The third-order valence-corrected chi connectivity index (χ3v) is 3.92. The van der Waals surface area contributed by atoms with Gasteiger partial charge in [-0.2, -0.15) is 0 Å². The van der Waals surface area contributed by atoms with E-state index >= 15 is 0 Å². The molecule has 1 heterocycles. The Bertz CT molecular complexity index is 454. The number of para-hydroxylation sites is 1. The Morgan fingerprint density at radius 1 is 1.44 bits per heavy atom. The highest BCUT2D eigenvalue weighted by atomic mass is 16.3. The molecule has 0 saturated carbocycles. The van der Waals surface area contributed by atoms with Gasteiger partial charge in [0.05, 0.1) is 6.10 Å². The summed E-state index contributed by atoms with van der Waals surface area (Å²) < 4.78 is 0. The van der Waals surface area contributed by atoms with E-state index in [0.29, 0.717) is 13.0 Å². The van der Waals surface area contributed by atoms with Crippen LogP contribution in [0.2, 0.25) is 0 Å². The van der Waals surface area contributed by atoms with Crippen molar-refractivity contribution < 1.29 is 9.90 Å². The van der Waals surface area contributed by atoms with Crippen LogP contribution in [-0.4, -0.2) is 17.6 Å². The number of carbonyl (C=O) groups excluding carboxylic acids is 1. The van der Waals surface area contributed by atoms with E-state index in [1.807, 2.05) is 49.9 Å². The highest BCUT2D eigenvalue weighted by Gasteiger charge is 2.34. The van der Waals surface area contributed by atoms with E-state index in [1.54, 1.807) is 0 Å². The van der Waals surface area contributed by atoms with Gasteiger partial charge in [-0.1, -0.05) is 39.0 Å². The molecule has 1 atom stereocenters. The van der Waals surface area contributed by atoms with Gasteiger partial charge in [-0.25, -0.2) is 0 Å². The third kappa shape index (κ3) is 2.15. The third-order valence-electron chi connectivity index (χ3n) is 3.92. The summed E-state index contributed by atoms with van der Waals surface area (Å²) in [4.78, 5) is 14.4. The van der Waals surface area contributed by atoms with Crippen LogP contribution in [0.25, 0.3) is 0 Å². The molecule has 1 unspecified atom stereocenters. The molecular weight excluding hydrogens is 226 g/mol. The number of aliphatic hydroxyl groups excluding tert-OH is 1. The first-order chi connectivity index (χ1) is 8.47. The molecule has 0 radical (unpaired) electrons. The minimum Gasteiger partial charge on any atom is -0.388 e. The van der Waals surface area contributed by atoms with Gasteiger partial charge in [0.25, 0.3) is 0 Å². The van der Waals surface area contributed by atoms with Gasteiger partial charge in [-0.3, -0.25) is 4.79 Å². The van der Waals surface area contributed by atoms with Crippen LogP contribution in [0.3, 0.4) is 0 Å². The second kappa shape index (κ2) is 4.73. The summed E-state index contributed by atoms with van der Waals surface area (Å²) in [5.41, 5.74) is 1.38. The van der Waals surface area contributed by atoms with Gasteiger partial charge in [0, 0.05) is 23.2 Å². The average Bonchev–Trinajstić information content (AvgIpc) is 2.39. The summed E-state index contributed by atoms with van der Waals surface area (Å²) in [6.07, 6.45) is 0.977. The lowest BCUT2D eigenvalue weighted by molar-refractivity contribution is -0.126. The van der Waals surface area contributed by atoms with E-state index in [2.05, 4.69) is 0 Å². The minimum atomic E-state index is -0.449. The van der Waals surface area contributed by atoms with Gasteiger partial charge in [0.1, 0.15) is 0 Å². The van der Waals surface area contributed by atoms with Crippen molar-refractivity contribution >= 4 is 11.6 Å². The largest absolute Gasteiger partial charge is 0.388 e. The second-order valence-corrected chi connectivity index (χ2v) is 5.56. The fourth-order valence-electron chi connectivity index (χ4n) is 2.27. The average molecular weight is 247 g/mol. The topological polar surface area (TPSA) is 40.5 Å². The molecule has 1 aliphatic heterocycles. The second-order valence-electron chi connectivity index (χ2n) is 5.56. The molecule has 3 nitrogen and oxygen atoms in total. The number of carbonyl (C=O) groups is 1. The van der Waals surface area contributed by atoms with Crippen LogP contribution >= 0.6 is 0 Å². The highest BCUT2D eigenvalue weighted by Crippen LogP contribution is 2.36. The lowest BCUT2D eigenvalue weighted by atomic mass is 9.87. The van der Waals surface area contributed by atoms with Crippen molar-refractivity contribution in [1.82, 2.24) is 0 Å². The molecule has 2 rings (SSSR count). The molecule has 0 bridgehead atoms. The normalized spacial score (nSPS) is 19.6. The van der Waals surface area contributed by atoms with Gasteiger partial charge in [-0.05, 0) is 18.9 Å². The molecule has 1 N–H and O–H groups in total. The molecule has 98 valence electrons. The smallest absolute Gasteiger partial charge is 0.232 e. The van der Waals surface area contributed by atoms with E-state index in [9.17, 15) is 9.90 Å². The van der Waals surface area contributed by atoms with Gasteiger partial charge >= 0.3 is 0 Å². The van der Waals surface area contributed by atoms with Gasteiger partial charge in [0.15, 0.2) is 0 Å². The van der Waals surface area contributed by atoms with Crippen LogP contribution in [0.5, 0.6) is 0 Å². The van der Waals surface area contributed by atoms with Gasteiger partial charge < -0.3 is 10.0 Å². The van der Waals surface area contributed by atoms with Crippen molar-refractivity contribution in [2.75, 3.05) is 11.4 Å². The van der Waals surface area contributed by atoms with E-state index < -0.39 is 6.10 Å². The van der Waals surface area contributed by atoms with Crippen LogP contribution in [0, 0.1) is 5.41 Å². The molecule has 3 heteroatoms. The Hall–Kier alpha value is -1.35. The Balaban J connectivity index is 2.38. The number of benzene rings is 1. The Morgan fingerprint density at radius 2 is 2.11 bits per heavy atom. The Kier molecular flexibility index (Phi) is 3.44. The van der Waals surface area contributed by atoms with Crippen LogP contribution in [0.4, 0.5) is 5.69 Å². The lowest BCUT2D eigenvalue weighted by Crippen LogP contribution is -2.44. The van der Waals surface area contributed by atoms with Crippen molar-refractivity contribution in [2.24, 2.45) is 5.41 Å². The molecule has 1 aromatic rings. The number of aliphatic hydroxyl groups is 1. The zero-order chi connectivity index (χ0) is 13.3. The molecule has 0 aromatic heterocycles. The Morgan fingerprint density at radius 3 is 2.78 bits per heavy atom. The van der Waals surface area contributed by atoms with Gasteiger partial charge in [-0.15, -0.1) is 0 Å². The molecule has 1 amide bonds. The van der Waals surface area contributed by atoms with Crippen LogP contribution in [0.1, 0.15) is 45.3 Å².